The molecule has 1 N–H and O–H groups in total. The Morgan fingerprint density at radius 3 is 3.00 bits per heavy atom. The number of ether oxygens (including phenoxy) is 1. The second-order valence-corrected chi connectivity index (χ2v) is 4.14. The van der Waals surface area contributed by atoms with Crippen LogP contribution >= 0.6 is 27.5 Å². The van der Waals surface area contributed by atoms with Crippen molar-refractivity contribution in [3.8, 4) is 11.6 Å². The van der Waals surface area contributed by atoms with E-state index in [1.54, 1.807) is 24.3 Å². The van der Waals surface area contributed by atoms with Gasteiger partial charge in [-0.2, -0.15) is 0 Å². The molecule has 1 heterocycles. The summed E-state index contributed by atoms with van der Waals surface area (Å²) in [5, 5.41) is 0.554. The monoisotopic (exact) mass is 300 g/mol. The van der Waals surface area contributed by atoms with Crippen molar-refractivity contribution in [2.24, 2.45) is 0 Å². The standard InChI is InChI=1S/C10H6BrClN2O2/c11-8-9(15)13-5-14-10(8)16-7-3-1-2-6(12)4-7/h1-5H,(H,13,14,15). The van der Waals surface area contributed by atoms with Crippen LogP contribution < -0.4 is 10.3 Å². The molecule has 0 unspecified atom stereocenters. The lowest BCUT2D eigenvalue weighted by Crippen LogP contribution is -2.08. The third-order valence-corrected chi connectivity index (χ3v) is 2.71. The molecule has 0 amide bonds. The van der Waals surface area contributed by atoms with Crippen molar-refractivity contribution in [3.05, 3.63) is 50.4 Å². The average Bonchev–Trinajstić information content (AvgIpc) is 2.25. The Morgan fingerprint density at radius 1 is 1.44 bits per heavy atom. The fraction of sp³-hybridized carbons (Fsp3) is 0. The minimum absolute atomic E-state index is 0.200. The Morgan fingerprint density at radius 2 is 2.25 bits per heavy atom. The van der Waals surface area contributed by atoms with Crippen LogP contribution in [0.2, 0.25) is 5.02 Å². The Kier molecular flexibility index (Phi) is 3.26. The van der Waals surface area contributed by atoms with Gasteiger partial charge in [0.1, 0.15) is 10.2 Å². The molecule has 0 aliphatic heterocycles. The first kappa shape index (κ1) is 11.2. The summed E-state index contributed by atoms with van der Waals surface area (Å²) >= 11 is 8.89. The predicted octanol–water partition coefficient (Wildman–Crippen LogP) is 2.98. The summed E-state index contributed by atoms with van der Waals surface area (Å²) in [6, 6.07) is 6.84. The first-order valence-electron chi connectivity index (χ1n) is 4.33. The summed E-state index contributed by atoms with van der Waals surface area (Å²) < 4.78 is 5.65. The van der Waals surface area contributed by atoms with E-state index in [1.165, 1.54) is 6.33 Å². The van der Waals surface area contributed by atoms with Crippen molar-refractivity contribution < 1.29 is 4.74 Å². The van der Waals surface area contributed by atoms with Crippen LogP contribution in [0.5, 0.6) is 11.6 Å². The van der Waals surface area contributed by atoms with Gasteiger partial charge in [-0.05, 0) is 34.1 Å². The zero-order valence-corrected chi connectivity index (χ0v) is 10.2. The van der Waals surface area contributed by atoms with E-state index in [9.17, 15) is 4.79 Å². The molecule has 1 aromatic heterocycles. The maximum Gasteiger partial charge on any atom is 0.268 e. The Balaban J connectivity index is 2.34. The number of hydrogen-bond donors (Lipinski definition) is 1. The number of halogens is 2. The minimum Gasteiger partial charge on any atom is -0.438 e. The number of aromatic nitrogens is 2. The second-order valence-electron chi connectivity index (χ2n) is 2.91. The second kappa shape index (κ2) is 4.67. The predicted molar refractivity (Wildman–Crippen MR) is 64.1 cm³/mol. The molecule has 16 heavy (non-hydrogen) atoms. The highest BCUT2D eigenvalue weighted by Crippen LogP contribution is 2.25. The van der Waals surface area contributed by atoms with E-state index in [-0.39, 0.29) is 15.9 Å². The molecule has 0 saturated carbocycles. The van der Waals surface area contributed by atoms with E-state index in [4.69, 9.17) is 16.3 Å². The maximum atomic E-state index is 11.2. The molecule has 0 spiro atoms. The third-order valence-electron chi connectivity index (χ3n) is 1.78. The molecule has 0 atom stereocenters. The average molecular weight is 302 g/mol. The van der Waals surface area contributed by atoms with Gasteiger partial charge < -0.3 is 9.72 Å². The van der Waals surface area contributed by atoms with Crippen molar-refractivity contribution >= 4 is 27.5 Å². The largest absolute Gasteiger partial charge is 0.438 e. The molecular weight excluding hydrogens is 295 g/mol. The lowest BCUT2D eigenvalue weighted by Gasteiger charge is -2.05. The molecule has 0 saturated heterocycles. The molecule has 0 fully saturated rings. The molecule has 6 heteroatoms. The summed E-state index contributed by atoms with van der Waals surface area (Å²) in [5.74, 6) is 0.720. The molecule has 0 aliphatic rings. The molecule has 2 aromatic rings. The number of nitrogens with zero attached hydrogens (tertiary/aromatic N) is 1. The van der Waals surface area contributed by atoms with E-state index in [2.05, 4.69) is 25.9 Å². The molecule has 0 bridgehead atoms. The molecule has 0 aliphatic carbocycles. The zero-order valence-electron chi connectivity index (χ0n) is 7.91. The molecule has 4 nitrogen and oxygen atoms in total. The van der Waals surface area contributed by atoms with Crippen LogP contribution in [-0.2, 0) is 0 Å². The van der Waals surface area contributed by atoms with Crippen molar-refractivity contribution in [1.29, 1.82) is 0 Å². The van der Waals surface area contributed by atoms with E-state index in [1.807, 2.05) is 0 Å². The Hall–Kier alpha value is -1.33. The van der Waals surface area contributed by atoms with Gasteiger partial charge in [-0.15, -0.1) is 0 Å². The highest BCUT2D eigenvalue weighted by atomic mass is 79.9. The van der Waals surface area contributed by atoms with Crippen molar-refractivity contribution in [2.45, 2.75) is 0 Å². The number of H-pyrrole nitrogens is 1. The number of nitrogens with one attached hydrogen (secondary N) is 1. The quantitative estimate of drug-likeness (QED) is 0.928. The SMILES string of the molecule is O=c1[nH]cnc(Oc2cccc(Cl)c2)c1Br. The topological polar surface area (TPSA) is 55.0 Å². The Bertz CT molecular complexity index is 571. The summed E-state index contributed by atoms with van der Waals surface area (Å²) in [6.07, 6.45) is 1.27. The first-order chi connectivity index (χ1) is 7.66. The van der Waals surface area contributed by atoms with Crippen LogP contribution in [-0.4, -0.2) is 9.97 Å². The van der Waals surface area contributed by atoms with E-state index < -0.39 is 0 Å². The van der Waals surface area contributed by atoms with E-state index >= 15 is 0 Å². The van der Waals surface area contributed by atoms with Gasteiger partial charge in [-0.1, -0.05) is 17.7 Å². The summed E-state index contributed by atoms with van der Waals surface area (Å²) in [7, 11) is 0. The minimum atomic E-state index is -0.299. The van der Waals surface area contributed by atoms with Gasteiger partial charge in [-0.25, -0.2) is 4.98 Å². The van der Waals surface area contributed by atoms with Crippen LogP contribution in [0.4, 0.5) is 0 Å². The molecule has 82 valence electrons. The zero-order chi connectivity index (χ0) is 11.5. The number of benzene rings is 1. The fourth-order valence-corrected chi connectivity index (χ4v) is 1.56. The van der Waals surface area contributed by atoms with Gasteiger partial charge in [0.05, 0.1) is 6.33 Å². The van der Waals surface area contributed by atoms with Gasteiger partial charge in [0.15, 0.2) is 0 Å². The summed E-state index contributed by atoms with van der Waals surface area (Å²) in [5.41, 5.74) is -0.299. The summed E-state index contributed by atoms with van der Waals surface area (Å²) in [6.45, 7) is 0. The van der Waals surface area contributed by atoms with E-state index in [0.29, 0.717) is 10.8 Å². The van der Waals surface area contributed by atoms with Crippen molar-refractivity contribution in [2.75, 3.05) is 0 Å². The highest BCUT2D eigenvalue weighted by Gasteiger charge is 2.07. The lowest BCUT2D eigenvalue weighted by atomic mass is 10.3. The number of hydrogen-bond acceptors (Lipinski definition) is 3. The maximum absolute atomic E-state index is 11.2. The number of rotatable bonds is 2. The van der Waals surface area contributed by atoms with Crippen molar-refractivity contribution in [1.82, 2.24) is 9.97 Å². The lowest BCUT2D eigenvalue weighted by molar-refractivity contribution is 0.457. The van der Waals surface area contributed by atoms with Crippen LogP contribution in [0, 0.1) is 0 Å². The van der Waals surface area contributed by atoms with Gasteiger partial charge in [0, 0.05) is 5.02 Å². The van der Waals surface area contributed by atoms with Gasteiger partial charge in [0.25, 0.3) is 5.56 Å². The van der Waals surface area contributed by atoms with Gasteiger partial charge in [-0.3, -0.25) is 4.79 Å². The van der Waals surface area contributed by atoms with Crippen LogP contribution in [0.3, 0.4) is 0 Å². The molecule has 0 radical (unpaired) electrons. The normalized spacial score (nSPS) is 10.1. The number of aromatic amines is 1. The highest BCUT2D eigenvalue weighted by molar-refractivity contribution is 9.10. The third kappa shape index (κ3) is 2.43. The van der Waals surface area contributed by atoms with Crippen LogP contribution in [0.15, 0.2) is 39.9 Å². The smallest absolute Gasteiger partial charge is 0.268 e. The van der Waals surface area contributed by atoms with Crippen LogP contribution in [0.1, 0.15) is 0 Å². The van der Waals surface area contributed by atoms with Crippen molar-refractivity contribution in [3.63, 3.8) is 0 Å². The van der Waals surface area contributed by atoms with Gasteiger partial charge >= 0.3 is 0 Å². The summed E-state index contributed by atoms with van der Waals surface area (Å²) in [4.78, 5) is 17.6. The molecule has 1 aromatic carbocycles. The first-order valence-corrected chi connectivity index (χ1v) is 5.50. The molecule has 2 rings (SSSR count). The van der Waals surface area contributed by atoms with E-state index in [0.717, 1.165) is 0 Å². The molecular formula is C10H6BrClN2O2. The fourth-order valence-electron chi connectivity index (χ4n) is 1.08. The Labute approximate surface area is 104 Å². The van der Waals surface area contributed by atoms with Gasteiger partial charge in [0.2, 0.25) is 5.88 Å². The van der Waals surface area contributed by atoms with Crippen LogP contribution in [0.25, 0.3) is 0 Å².